The van der Waals surface area contributed by atoms with Gasteiger partial charge in [-0.1, -0.05) is 12.1 Å². The second kappa shape index (κ2) is 6.54. The first-order valence-corrected chi connectivity index (χ1v) is 8.40. The maximum absolute atomic E-state index is 12.2. The molecule has 112 valence electrons. The second-order valence-electron chi connectivity index (χ2n) is 5.75. The van der Waals surface area contributed by atoms with Crippen LogP contribution in [0.25, 0.3) is 10.2 Å². The molecule has 21 heavy (non-hydrogen) atoms. The lowest BCUT2D eigenvalue weighted by Gasteiger charge is -2.26. The minimum atomic E-state index is 0.155. The minimum Gasteiger partial charge on any atom is -0.349 e. The van der Waals surface area contributed by atoms with Gasteiger partial charge in [0.25, 0.3) is 0 Å². The highest BCUT2D eigenvalue weighted by molar-refractivity contribution is 7.18. The number of hydrogen-bond donors (Lipinski definition) is 2. The molecule has 5 heteroatoms. The van der Waals surface area contributed by atoms with Crippen molar-refractivity contribution in [2.75, 3.05) is 6.54 Å². The number of amides is 1. The van der Waals surface area contributed by atoms with Gasteiger partial charge in [0.15, 0.2) is 0 Å². The summed E-state index contributed by atoms with van der Waals surface area (Å²) in [6.07, 6.45) is 4.09. The molecule has 1 fully saturated rings. The van der Waals surface area contributed by atoms with E-state index < -0.39 is 0 Å². The maximum atomic E-state index is 12.2. The van der Waals surface area contributed by atoms with E-state index in [1.54, 1.807) is 11.3 Å². The van der Waals surface area contributed by atoms with Gasteiger partial charge in [-0.3, -0.25) is 4.79 Å². The Morgan fingerprint density at radius 3 is 2.76 bits per heavy atom. The van der Waals surface area contributed by atoms with Crippen LogP contribution >= 0.6 is 11.3 Å². The van der Waals surface area contributed by atoms with Gasteiger partial charge >= 0.3 is 0 Å². The molecule has 0 saturated heterocycles. The lowest BCUT2D eigenvalue weighted by atomic mass is 9.81. The zero-order valence-electron chi connectivity index (χ0n) is 12.0. The van der Waals surface area contributed by atoms with E-state index in [0.717, 1.165) is 42.8 Å². The number of fused-ring (bicyclic) bond motifs is 1. The van der Waals surface area contributed by atoms with Crippen LogP contribution in [0.15, 0.2) is 24.3 Å². The van der Waals surface area contributed by atoms with Crippen molar-refractivity contribution < 1.29 is 4.79 Å². The third-order valence-electron chi connectivity index (χ3n) is 4.30. The number of benzene rings is 1. The fourth-order valence-electron chi connectivity index (χ4n) is 2.96. The van der Waals surface area contributed by atoms with Crippen LogP contribution < -0.4 is 11.1 Å². The third kappa shape index (κ3) is 3.41. The molecule has 1 aliphatic rings. The maximum Gasteiger partial charge on any atom is 0.223 e. The van der Waals surface area contributed by atoms with Crippen molar-refractivity contribution in [3.63, 3.8) is 0 Å². The summed E-state index contributed by atoms with van der Waals surface area (Å²) in [6, 6.07) is 8.07. The van der Waals surface area contributed by atoms with Crippen LogP contribution in [0.4, 0.5) is 0 Å². The summed E-state index contributed by atoms with van der Waals surface area (Å²) in [7, 11) is 0. The van der Waals surface area contributed by atoms with Gasteiger partial charge in [-0.2, -0.15) is 0 Å². The van der Waals surface area contributed by atoms with Crippen molar-refractivity contribution >= 4 is 27.5 Å². The van der Waals surface area contributed by atoms with Gasteiger partial charge in [0.1, 0.15) is 5.01 Å². The number of aromatic nitrogens is 1. The topological polar surface area (TPSA) is 68.0 Å². The standard InChI is InChI=1S/C16H21N3OS/c17-9-11-5-7-12(8-6-11)16(20)18-10-15-19-13-3-1-2-4-14(13)21-15/h1-4,11-12H,5-10,17H2,(H,18,20). The monoisotopic (exact) mass is 303 g/mol. The Hall–Kier alpha value is -1.46. The molecule has 0 bridgehead atoms. The van der Waals surface area contributed by atoms with Gasteiger partial charge in [-0.05, 0) is 50.3 Å². The van der Waals surface area contributed by atoms with Crippen molar-refractivity contribution in [3.8, 4) is 0 Å². The van der Waals surface area contributed by atoms with Gasteiger partial charge in [0.2, 0.25) is 5.91 Å². The van der Waals surface area contributed by atoms with Crippen LogP contribution in [0.2, 0.25) is 0 Å². The average Bonchev–Trinajstić information content (AvgIpc) is 2.95. The highest BCUT2D eigenvalue weighted by Crippen LogP contribution is 2.28. The predicted octanol–water partition coefficient (Wildman–Crippen LogP) is 2.68. The first-order chi connectivity index (χ1) is 10.3. The first kappa shape index (κ1) is 14.5. The van der Waals surface area contributed by atoms with Crippen LogP contribution in [0.3, 0.4) is 0 Å². The molecule has 0 unspecified atom stereocenters. The number of rotatable bonds is 4. The molecule has 4 nitrogen and oxygen atoms in total. The number of nitrogens with one attached hydrogen (secondary N) is 1. The van der Waals surface area contributed by atoms with E-state index in [-0.39, 0.29) is 11.8 Å². The molecule has 0 aliphatic heterocycles. The van der Waals surface area contributed by atoms with Crippen molar-refractivity contribution in [2.24, 2.45) is 17.6 Å². The second-order valence-corrected chi connectivity index (χ2v) is 6.86. The molecule has 1 heterocycles. The molecule has 1 aromatic carbocycles. The van der Waals surface area contributed by atoms with Crippen LogP contribution in [0, 0.1) is 11.8 Å². The Morgan fingerprint density at radius 1 is 1.29 bits per heavy atom. The van der Waals surface area contributed by atoms with Gasteiger partial charge < -0.3 is 11.1 Å². The van der Waals surface area contributed by atoms with Crippen molar-refractivity contribution in [2.45, 2.75) is 32.2 Å². The van der Waals surface area contributed by atoms with E-state index in [4.69, 9.17) is 5.73 Å². The first-order valence-electron chi connectivity index (χ1n) is 7.58. The molecule has 3 rings (SSSR count). The van der Waals surface area contributed by atoms with Crippen LogP contribution in [-0.2, 0) is 11.3 Å². The Morgan fingerprint density at radius 2 is 2.05 bits per heavy atom. The Bertz CT molecular complexity index is 584. The molecule has 0 atom stereocenters. The van der Waals surface area contributed by atoms with E-state index >= 15 is 0 Å². The van der Waals surface area contributed by atoms with Crippen molar-refractivity contribution in [1.82, 2.24) is 10.3 Å². The molecule has 0 radical (unpaired) electrons. The molecule has 1 aromatic heterocycles. The third-order valence-corrected chi connectivity index (χ3v) is 5.34. The molecule has 3 N–H and O–H groups in total. The normalized spacial score (nSPS) is 22.3. The lowest BCUT2D eigenvalue weighted by Crippen LogP contribution is -2.33. The Labute approximate surface area is 128 Å². The number of thiazole rings is 1. The molecule has 1 aliphatic carbocycles. The summed E-state index contributed by atoms with van der Waals surface area (Å²) in [5, 5.41) is 4.01. The highest BCUT2D eigenvalue weighted by atomic mass is 32.1. The Balaban J connectivity index is 1.54. The Kier molecular flexibility index (Phi) is 4.51. The summed E-state index contributed by atoms with van der Waals surface area (Å²) in [4.78, 5) is 16.8. The van der Waals surface area contributed by atoms with Crippen LogP contribution in [-0.4, -0.2) is 17.4 Å². The van der Waals surface area contributed by atoms with E-state index in [1.807, 2.05) is 18.2 Å². The summed E-state index contributed by atoms with van der Waals surface area (Å²) >= 11 is 1.65. The smallest absolute Gasteiger partial charge is 0.223 e. The van der Waals surface area contributed by atoms with E-state index in [9.17, 15) is 4.79 Å². The molecule has 1 amide bonds. The number of nitrogens with two attached hydrogens (primary N) is 1. The van der Waals surface area contributed by atoms with Gasteiger partial charge in [0, 0.05) is 5.92 Å². The highest BCUT2D eigenvalue weighted by Gasteiger charge is 2.25. The lowest BCUT2D eigenvalue weighted by molar-refractivity contribution is -0.126. The SMILES string of the molecule is NCC1CCC(C(=O)NCc2nc3ccccc3s2)CC1. The van der Waals surface area contributed by atoms with Crippen molar-refractivity contribution in [1.29, 1.82) is 0 Å². The molecule has 2 aromatic rings. The predicted molar refractivity (Wildman–Crippen MR) is 86.0 cm³/mol. The number of carbonyl (C=O) groups is 1. The zero-order valence-corrected chi connectivity index (χ0v) is 12.9. The zero-order chi connectivity index (χ0) is 14.7. The molecular formula is C16H21N3OS. The summed E-state index contributed by atoms with van der Waals surface area (Å²) in [5.41, 5.74) is 6.70. The van der Waals surface area contributed by atoms with Gasteiger partial charge in [-0.15, -0.1) is 11.3 Å². The van der Waals surface area contributed by atoms with Gasteiger partial charge in [0.05, 0.1) is 16.8 Å². The number of hydrogen-bond acceptors (Lipinski definition) is 4. The summed E-state index contributed by atoms with van der Waals surface area (Å²) in [6.45, 7) is 1.29. The molecule has 1 saturated carbocycles. The fraction of sp³-hybridized carbons (Fsp3) is 0.500. The fourth-order valence-corrected chi connectivity index (χ4v) is 3.87. The van der Waals surface area contributed by atoms with E-state index in [1.165, 1.54) is 4.70 Å². The molecular weight excluding hydrogens is 282 g/mol. The quantitative estimate of drug-likeness (QED) is 0.912. The average molecular weight is 303 g/mol. The van der Waals surface area contributed by atoms with E-state index in [2.05, 4.69) is 16.4 Å². The summed E-state index contributed by atoms with van der Waals surface area (Å²) < 4.78 is 1.17. The molecule has 0 spiro atoms. The number of carbonyl (C=O) groups excluding carboxylic acids is 1. The van der Waals surface area contributed by atoms with Crippen LogP contribution in [0.5, 0.6) is 0 Å². The van der Waals surface area contributed by atoms with E-state index in [0.29, 0.717) is 12.5 Å². The number of para-hydroxylation sites is 1. The minimum absolute atomic E-state index is 0.155. The van der Waals surface area contributed by atoms with Crippen LogP contribution in [0.1, 0.15) is 30.7 Å². The van der Waals surface area contributed by atoms with Crippen molar-refractivity contribution in [3.05, 3.63) is 29.3 Å². The summed E-state index contributed by atoms with van der Waals surface area (Å²) in [5.74, 6) is 0.935. The van der Waals surface area contributed by atoms with Gasteiger partial charge in [-0.25, -0.2) is 4.98 Å². The largest absolute Gasteiger partial charge is 0.349 e. The number of nitrogens with zero attached hydrogens (tertiary/aromatic N) is 1.